The van der Waals surface area contributed by atoms with E-state index in [1.165, 1.54) is 22.4 Å². The molecule has 3 rings (SSSR count). The minimum atomic E-state index is -4.03. The third-order valence-electron chi connectivity index (χ3n) is 4.05. The van der Waals surface area contributed by atoms with Gasteiger partial charge in [0, 0.05) is 43.8 Å². The van der Waals surface area contributed by atoms with Gasteiger partial charge in [-0.15, -0.1) is 11.3 Å². The Morgan fingerprint density at radius 2 is 1.97 bits per heavy atom. The fourth-order valence-corrected chi connectivity index (χ4v) is 4.92. The fourth-order valence-electron chi connectivity index (χ4n) is 2.61. The molecular weight excluding hydrogens is 430 g/mol. The lowest BCUT2D eigenvalue weighted by Gasteiger charge is -2.13. The third kappa shape index (κ3) is 4.49. The lowest BCUT2D eigenvalue weighted by molar-refractivity contribution is 0.0827. The van der Waals surface area contributed by atoms with Crippen LogP contribution in [0.15, 0.2) is 45.9 Å². The molecule has 0 aliphatic heterocycles. The van der Waals surface area contributed by atoms with Crippen LogP contribution in [0.3, 0.4) is 0 Å². The van der Waals surface area contributed by atoms with Crippen molar-refractivity contribution in [3.05, 3.63) is 46.5 Å². The van der Waals surface area contributed by atoms with Gasteiger partial charge in [0.05, 0.1) is 11.1 Å². The van der Waals surface area contributed by atoms with Crippen molar-refractivity contribution in [1.29, 1.82) is 0 Å². The Morgan fingerprint density at radius 1 is 1.23 bits per heavy atom. The van der Waals surface area contributed by atoms with E-state index in [4.69, 9.17) is 5.73 Å². The first kappa shape index (κ1) is 21.5. The maximum absolute atomic E-state index is 13.2. The SMILES string of the molecule is CN(C)C(=O)c1cc(-c2cnn(C)c2)cc(S(=O)(=O)c2csc(COC(N)=O)n2)c1. The van der Waals surface area contributed by atoms with Crippen LogP contribution in [0.2, 0.25) is 0 Å². The first-order chi connectivity index (χ1) is 14.1. The van der Waals surface area contributed by atoms with Gasteiger partial charge in [0.15, 0.2) is 5.03 Å². The predicted molar refractivity (Wildman–Crippen MR) is 109 cm³/mol. The summed E-state index contributed by atoms with van der Waals surface area (Å²) in [6.45, 7) is -0.227. The molecule has 1 aromatic carbocycles. The van der Waals surface area contributed by atoms with Gasteiger partial charge in [-0.05, 0) is 23.8 Å². The quantitative estimate of drug-likeness (QED) is 0.604. The van der Waals surface area contributed by atoms with Gasteiger partial charge in [-0.25, -0.2) is 18.2 Å². The molecule has 0 aliphatic rings. The number of nitrogens with two attached hydrogens (primary N) is 1. The first-order valence-corrected chi connectivity index (χ1v) is 10.9. The molecule has 0 saturated carbocycles. The molecule has 0 radical (unpaired) electrons. The maximum atomic E-state index is 13.2. The first-order valence-electron chi connectivity index (χ1n) is 8.55. The molecule has 2 aromatic heterocycles. The van der Waals surface area contributed by atoms with Gasteiger partial charge in [0.2, 0.25) is 9.84 Å². The number of hydrogen-bond donors (Lipinski definition) is 1. The molecule has 2 amide bonds. The molecule has 2 heterocycles. The summed E-state index contributed by atoms with van der Waals surface area (Å²) in [6.07, 6.45) is 2.32. The largest absolute Gasteiger partial charge is 0.442 e. The van der Waals surface area contributed by atoms with E-state index in [0.717, 1.165) is 11.3 Å². The zero-order valence-corrected chi connectivity index (χ0v) is 18.0. The van der Waals surface area contributed by atoms with Crippen molar-refractivity contribution in [3.63, 3.8) is 0 Å². The average molecular weight is 450 g/mol. The van der Waals surface area contributed by atoms with Crippen molar-refractivity contribution in [3.8, 4) is 11.1 Å². The second kappa shape index (κ2) is 8.24. The molecule has 2 N–H and O–H groups in total. The van der Waals surface area contributed by atoms with Crippen LogP contribution in [0.1, 0.15) is 15.4 Å². The minimum absolute atomic E-state index is 0.0817. The Morgan fingerprint density at radius 3 is 2.57 bits per heavy atom. The van der Waals surface area contributed by atoms with E-state index in [1.807, 2.05) is 0 Å². The van der Waals surface area contributed by atoms with Crippen molar-refractivity contribution >= 4 is 33.2 Å². The molecule has 0 saturated heterocycles. The fraction of sp³-hybridized carbons (Fsp3) is 0.222. The zero-order valence-electron chi connectivity index (χ0n) is 16.4. The normalized spacial score (nSPS) is 11.3. The summed E-state index contributed by atoms with van der Waals surface area (Å²) in [5.41, 5.74) is 6.33. The molecule has 10 nitrogen and oxygen atoms in total. The Hall–Kier alpha value is -3.25. The molecule has 0 spiro atoms. The van der Waals surface area contributed by atoms with Crippen LogP contribution in [-0.2, 0) is 28.2 Å². The molecule has 0 bridgehead atoms. The molecule has 0 fully saturated rings. The van der Waals surface area contributed by atoms with Crippen molar-refractivity contribution in [2.75, 3.05) is 14.1 Å². The number of benzene rings is 1. The Labute approximate surface area is 176 Å². The smallest absolute Gasteiger partial charge is 0.404 e. The number of thiazole rings is 1. The summed E-state index contributed by atoms with van der Waals surface area (Å²) >= 11 is 1.02. The molecule has 0 atom stereocenters. The molecule has 3 aromatic rings. The highest BCUT2D eigenvalue weighted by Gasteiger charge is 2.24. The highest BCUT2D eigenvalue weighted by atomic mass is 32.2. The minimum Gasteiger partial charge on any atom is -0.442 e. The number of amides is 2. The van der Waals surface area contributed by atoms with E-state index in [1.54, 1.807) is 44.3 Å². The number of carbonyl (C=O) groups excluding carboxylic acids is 2. The van der Waals surface area contributed by atoms with Crippen LogP contribution in [-0.4, -0.2) is 54.2 Å². The second-order valence-electron chi connectivity index (χ2n) is 6.54. The predicted octanol–water partition coefficient (Wildman–Crippen LogP) is 1.67. The maximum Gasteiger partial charge on any atom is 0.404 e. The van der Waals surface area contributed by atoms with Gasteiger partial charge >= 0.3 is 6.09 Å². The van der Waals surface area contributed by atoms with Crippen LogP contribution in [0.25, 0.3) is 11.1 Å². The average Bonchev–Trinajstić information content (AvgIpc) is 3.34. The summed E-state index contributed by atoms with van der Waals surface area (Å²) in [4.78, 5) is 28.6. The topological polar surface area (TPSA) is 137 Å². The molecule has 12 heteroatoms. The third-order valence-corrected chi connectivity index (χ3v) is 6.64. The van der Waals surface area contributed by atoms with Crippen LogP contribution < -0.4 is 5.73 Å². The highest BCUT2D eigenvalue weighted by molar-refractivity contribution is 7.91. The molecular formula is C18H19N5O5S2. The number of primary amides is 1. The summed E-state index contributed by atoms with van der Waals surface area (Å²) in [7, 11) is 0.869. The summed E-state index contributed by atoms with van der Waals surface area (Å²) in [5.74, 6) is -0.342. The van der Waals surface area contributed by atoms with Gasteiger partial charge in [-0.1, -0.05) is 0 Å². The number of nitrogens with zero attached hydrogens (tertiary/aromatic N) is 4. The summed E-state index contributed by atoms with van der Waals surface area (Å²) in [6, 6.07) is 4.40. The molecule has 0 aliphatic carbocycles. The number of sulfone groups is 1. The number of aromatic nitrogens is 3. The zero-order chi connectivity index (χ0) is 22.1. The second-order valence-corrected chi connectivity index (χ2v) is 9.38. The van der Waals surface area contributed by atoms with E-state index < -0.39 is 15.9 Å². The van der Waals surface area contributed by atoms with Gasteiger partial charge in [0.25, 0.3) is 5.91 Å². The van der Waals surface area contributed by atoms with Crippen molar-refractivity contribution in [1.82, 2.24) is 19.7 Å². The van der Waals surface area contributed by atoms with Gasteiger partial charge in [-0.3, -0.25) is 9.48 Å². The Balaban J connectivity index is 2.08. The van der Waals surface area contributed by atoms with Crippen LogP contribution in [0.5, 0.6) is 0 Å². The molecule has 158 valence electrons. The molecule has 0 unspecified atom stereocenters. The van der Waals surface area contributed by atoms with Gasteiger partial charge in [0.1, 0.15) is 11.6 Å². The van der Waals surface area contributed by atoms with E-state index in [0.29, 0.717) is 11.1 Å². The lowest BCUT2D eigenvalue weighted by atomic mass is 10.1. The summed E-state index contributed by atoms with van der Waals surface area (Å²) < 4.78 is 32.6. The van der Waals surface area contributed by atoms with E-state index in [9.17, 15) is 18.0 Å². The van der Waals surface area contributed by atoms with Crippen molar-refractivity contribution in [2.24, 2.45) is 12.8 Å². The summed E-state index contributed by atoms with van der Waals surface area (Å²) in [5, 5.41) is 5.52. The van der Waals surface area contributed by atoms with E-state index >= 15 is 0 Å². The number of ether oxygens (including phenoxy) is 1. The van der Waals surface area contributed by atoms with Crippen LogP contribution in [0, 0.1) is 0 Å². The lowest BCUT2D eigenvalue weighted by Crippen LogP contribution is -2.22. The Bertz CT molecular complexity index is 1210. The van der Waals surface area contributed by atoms with Crippen LogP contribution >= 0.6 is 11.3 Å². The van der Waals surface area contributed by atoms with Crippen molar-refractivity contribution < 1.29 is 22.7 Å². The van der Waals surface area contributed by atoms with Gasteiger partial charge < -0.3 is 15.4 Å². The Kier molecular flexibility index (Phi) is 5.89. The standard InChI is InChI=1S/C18H19N5O5S2/c1-22(2)17(24)12-4-11(13-7-20-23(3)8-13)5-14(6-12)30(26,27)16-10-29-15(21-16)9-28-18(19)25/h4-8,10H,9H2,1-3H3,(H2,19,25). The van der Waals surface area contributed by atoms with Gasteiger partial charge in [-0.2, -0.15) is 5.10 Å². The number of rotatable bonds is 6. The van der Waals surface area contributed by atoms with E-state index in [2.05, 4.69) is 14.8 Å². The van der Waals surface area contributed by atoms with Crippen LogP contribution in [0.4, 0.5) is 4.79 Å². The number of hydrogen-bond acceptors (Lipinski definition) is 8. The van der Waals surface area contributed by atoms with Crippen molar-refractivity contribution in [2.45, 2.75) is 16.5 Å². The number of carbonyl (C=O) groups is 2. The monoisotopic (exact) mass is 449 g/mol. The highest BCUT2D eigenvalue weighted by Crippen LogP contribution is 2.29. The molecule has 30 heavy (non-hydrogen) atoms. The number of aryl methyl sites for hydroxylation is 1. The van der Waals surface area contributed by atoms with E-state index in [-0.39, 0.29) is 33.0 Å².